The van der Waals surface area contributed by atoms with Gasteiger partial charge in [0.15, 0.2) is 0 Å². The van der Waals surface area contributed by atoms with Crippen molar-refractivity contribution in [3.63, 3.8) is 0 Å². The molecule has 0 bridgehead atoms. The van der Waals surface area contributed by atoms with Crippen LogP contribution < -0.4 is 5.32 Å². The summed E-state index contributed by atoms with van der Waals surface area (Å²) in [4.78, 5) is 23.3. The van der Waals surface area contributed by atoms with Crippen LogP contribution >= 0.6 is 0 Å². The number of hydrogen-bond donors (Lipinski definition) is 2. The van der Waals surface area contributed by atoms with Crippen molar-refractivity contribution in [1.82, 2.24) is 9.62 Å². The SMILES string of the molecule is Cc1cc(C)c(S(=O)(=O)N2CCC(C(=O)N[C@@H](C)C(=O)O)CC2)c(C)c1. The number of rotatable bonds is 5. The van der Waals surface area contributed by atoms with Crippen LogP contribution in [0.1, 0.15) is 36.5 Å². The van der Waals surface area contributed by atoms with E-state index in [2.05, 4.69) is 5.32 Å². The molecule has 1 aliphatic rings. The summed E-state index contributed by atoms with van der Waals surface area (Å²) in [6, 6.07) is 2.75. The number of sulfonamides is 1. The molecule has 144 valence electrons. The molecule has 26 heavy (non-hydrogen) atoms. The first kappa shape index (κ1) is 20.4. The highest BCUT2D eigenvalue weighted by molar-refractivity contribution is 7.89. The lowest BCUT2D eigenvalue weighted by Gasteiger charge is -2.31. The Balaban J connectivity index is 2.10. The number of amides is 1. The molecule has 1 amide bonds. The summed E-state index contributed by atoms with van der Waals surface area (Å²) in [5.41, 5.74) is 2.46. The largest absolute Gasteiger partial charge is 0.480 e. The van der Waals surface area contributed by atoms with Gasteiger partial charge in [0, 0.05) is 19.0 Å². The van der Waals surface area contributed by atoms with E-state index in [1.165, 1.54) is 11.2 Å². The van der Waals surface area contributed by atoms with Crippen molar-refractivity contribution >= 4 is 21.9 Å². The van der Waals surface area contributed by atoms with E-state index < -0.39 is 22.0 Å². The van der Waals surface area contributed by atoms with Gasteiger partial charge in [0.25, 0.3) is 0 Å². The first-order valence-corrected chi connectivity index (χ1v) is 10.1. The van der Waals surface area contributed by atoms with Crippen LogP contribution in [-0.2, 0) is 19.6 Å². The molecular weight excluding hydrogens is 356 g/mol. The fraction of sp³-hybridized carbons (Fsp3) is 0.556. The first-order chi connectivity index (χ1) is 12.0. The molecule has 7 nitrogen and oxygen atoms in total. The maximum absolute atomic E-state index is 13.0. The Morgan fingerprint density at radius 2 is 1.65 bits per heavy atom. The molecule has 0 unspecified atom stereocenters. The van der Waals surface area contributed by atoms with Crippen LogP contribution in [0.2, 0.25) is 0 Å². The second-order valence-corrected chi connectivity index (χ2v) is 8.85. The van der Waals surface area contributed by atoms with Gasteiger partial charge in [-0.3, -0.25) is 9.59 Å². The van der Waals surface area contributed by atoms with Crippen LogP contribution in [0.25, 0.3) is 0 Å². The van der Waals surface area contributed by atoms with Crippen molar-refractivity contribution < 1.29 is 23.1 Å². The Kier molecular flexibility index (Phi) is 6.08. The van der Waals surface area contributed by atoms with Crippen LogP contribution in [0.5, 0.6) is 0 Å². The Bertz CT molecular complexity index is 788. The van der Waals surface area contributed by atoms with E-state index in [0.717, 1.165) is 16.7 Å². The smallest absolute Gasteiger partial charge is 0.325 e. The van der Waals surface area contributed by atoms with Gasteiger partial charge in [0.1, 0.15) is 6.04 Å². The summed E-state index contributed by atoms with van der Waals surface area (Å²) < 4.78 is 27.5. The minimum atomic E-state index is -3.62. The lowest BCUT2D eigenvalue weighted by atomic mass is 9.97. The Labute approximate surface area is 154 Å². The molecule has 1 fully saturated rings. The topological polar surface area (TPSA) is 104 Å². The Hall–Kier alpha value is -1.93. The van der Waals surface area contributed by atoms with Crippen molar-refractivity contribution in [2.45, 2.75) is 51.5 Å². The van der Waals surface area contributed by atoms with Crippen molar-refractivity contribution in [1.29, 1.82) is 0 Å². The molecule has 0 saturated carbocycles. The van der Waals surface area contributed by atoms with E-state index in [1.807, 2.05) is 19.1 Å². The van der Waals surface area contributed by atoms with Crippen molar-refractivity contribution in [2.75, 3.05) is 13.1 Å². The number of hydrogen-bond acceptors (Lipinski definition) is 4. The minimum absolute atomic E-state index is 0.245. The normalized spacial score (nSPS) is 17.7. The molecule has 0 spiro atoms. The van der Waals surface area contributed by atoms with E-state index in [0.29, 0.717) is 17.7 Å². The molecule has 1 aromatic carbocycles. The van der Waals surface area contributed by atoms with Gasteiger partial charge in [0.2, 0.25) is 15.9 Å². The van der Waals surface area contributed by atoms with Crippen LogP contribution in [0.4, 0.5) is 0 Å². The average Bonchev–Trinajstić information content (AvgIpc) is 2.53. The van der Waals surface area contributed by atoms with Gasteiger partial charge in [-0.1, -0.05) is 17.7 Å². The molecular formula is C18H26N2O5S. The second kappa shape index (κ2) is 7.75. The third kappa shape index (κ3) is 4.24. The maximum Gasteiger partial charge on any atom is 0.325 e. The van der Waals surface area contributed by atoms with E-state index in [-0.39, 0.29) is 24.9 Å². The maximum atomic E-state index is 13.0. The minimum Gasteiger partial charge on any atom is -0.480 e. The molecule has 2 rings (SSSR count). The average molecular weight is 382 g/mol. The van der Waals surface area contributed by atoms with Gasteiger partial charge >= 0.3 is 5.97 Å². The molecule has 1 aromatic rings. The van der Waals surface area contributed by atoms with Crippen molar-refractivity contribution in [3.8, 4) is 0 Å². The molecule has 0 aliphatic carbocycles. The van der Waals surface area contributed by atoms with Crippen LogP contribution in [0.3, 0.4) is 0 Å². The third-order valence-corrected chi connectivity index (χ3v) is 6.96. The fourth-order valence-electron chi connectivity index (χ4n) is 3.45. The number of nitrogens with one attached hydrogen (secondary N) is 1. The standard InChI is InChI=1S/C18H26N2O5S/c1-11-9-12(2)16(13(3)10-11)26(24,25)20-7-5-15(6-8-20)17(21)19-14(4)18(22)23/h9-10,14-15H,5-8H2,1-4H3,(H,19,21)(H,22,23)/t14-/m0/s1. The molecule has 1 aliphatic heterocycles. The van der Waals surface area contributed by atoms with E-state index in [1.54, 1.807) is 13.8 Å². The summed E-state index contributed by atoms with van der Waals surface area (Å²) >= 11 is 0. The van der Waals surface area contributed by atoms with Gasteiger partial charge in [-0.05, 0) is 51.7 Å². The molecule has 1 atom stereocenters. The molecule has 8 heteroatoms. The predicted octanol–water partition coefficient (Wildman–Crippen LogP) is 1.60. The fourth-order valence-corrected chi connectivity index (χ4v) is 5.34. The number of aryl methyl sites for hydroxylation is 3. The highest BCUT2D eigenvalue weighted by Gasteiger charge is 2.34. The number of aliphatic carboxylic acids is 1. The van der Waals surface area contributed by atoms with Gasteiger partial charge in [-0.15, -0.1) is 0 Å². The Morgan fingerprint density at radius 1 is 1.15 bits per heavy atom. The molecule has 1 heterocycles. The van der Waals surface area contributed by atoms with E-state index in [9.17, 15) is 18.0 Å². The first-order valence-electron chi connectivity index (χ1n) is 8.65. The molecule has 2 N–H and O–H groups in total. The summed E-state index contributed by atoms with van der Waals surface area (Å²) in [5.74, 6) is -1.80. The molecule has 1 saturated heterocycles. The summed E-state index contributed by atoms with van der Waals surface area (Å²) in [6.45, 7) is 7.41. The summed E-state index contributed by atoms with van der Waals surface area (Å²) in [6.07, 6.45) is 0.753. The zero-order chi connectivity index (χ0) is 19.6. The molecule has 0 radical (unpaired) electrons. The van der Waals surface area contributed by atoms with Crippen molar-refractivity contribution in [3.05, 3.63) is 28.8 Å². The van der Waals surface area contributed by atoms with Crippen LogP contribution in [-0.4, -0.2) is 48.8 Å². The van der Waals surface area contributed by atoms with E-state index in [4.69, 9.17) is 5.11 Å². The number of carboxylic acids is 1. The molecule has 0 aromatic heterocycles. The number of benzene rings is 1. The number of nitrogens with zero attached hydrogens (tertiary/aromatic N) is 1. The predicted molar refractivity (Wildman–Crippen MR) is 97.4 cm³/mol. The third-order valence-electron chi connectivity index (χ3n) is 4.76. The number of carboxylic acid groups (broad SMARTS) is 1. The zero-order valence-corrected chi connectivity index (χ0v) is 16.4. The van der Waals surface area contributed by atoms with Crippen molar-refractivity contribution in [2.24, 2.45) is 5.92 Å². The lowest BCUT2D eigenvalue weighted by Crippen LogP contribution is -2.46. The van der Waals surface area contributed by atoms with Gasteiger partial charge in [0.05, 0.1) is 4.90 Å². The number of carbonyl (C=O) groups is 2. The van der Waals surface area contributed by atoms with Crippen LogP contribution in [0, 0.1) is 26.7 Å². The van der Waals surface area contributed by atoms with Gasteiger partial charge in [-0.2, -0.15) is 4.31 Å². The summed E-state index contributed by atoms with van der Waals surface area (Å²) in [5, 5.41) is 11.3. The lowest BCUT2D eigenvalue weighted by molar-refractivity contribution is -0.142. The highest BCUT2D eigenvalue weighted by atomic mass is 32.2. The summed E-state index contributed by atoms with van der Waals surface area (Å²) in [7, 11) is -3.62. The number of piperidine rings is 1. The monoisotopic (exact) mass is 382 g/mol. The Morgan fingerprint density at radius 3 is 2.12 bits per heavy atom. The zero-order valence-electron chi connectivity index (χ0n) is 15.6. The highest BCUT2D eigenvalue weighted by Crippen LogP contribution is 2.28. The second-order valence-electron chi connectivity index (χ2n) is 6.97. The van der Waals surface area contributed by atoms with E-state index >= 15 is 0 Å². The van der Waals surface area contributed by atoms with Gasteiger partial charge < -0.3 is 10.4 Å². The van der Waals surface area contributed by atoms with Gasteiger partial charge in [-0.25, -0.2) is 8.42 Å². The number of carbonyl (C=O) groups excluding carboxylic acids is 1. The quantitative estimate of drug-likeness (QED) is 0.805. The van der Waals surface area contributed by atoms with Crippen LogP contribution in [0.15, 0.2) is 17.0 Å².